The summed E-state index contributed by atoms with van der Waals surface area (Å²) in [4.78, 5) is 21.7. The molecule has 0 aromatic rings. The number of likely N-dealkylation sites (tertiary alicyclic amines) is 1. The molecule has 0 aromatic carbocycles. The molecule has 0 aliphatic carbocycles. The smallest absolute Gasteiger partial charge is 0.407 e. The highest BCUT2D eigenvalue weighted by Gasteiger charge is 2.35. The van der Waals surface area contributed by atoms with Crippen molar-refractivity contribution in [3.8, 4) is 0 Å². The Morgan fingerprint density at radius 1 is 1.64 bits per heavy atom. The molecule has 7 heteroatoms. The first-order valence-electron chi connectivity index (χ1n) is 3.96. The van der Waals surface area contributed by atoms with Crippen molar-refractivity contribution in [1.82, 2.24) is 4.90 Å². The summed E-state index contributed by atoms with van der Waals surface area (Å²) in [6.07, 6.45) is -2.39. The number of carbonyl (C=O) groups is 2. The van der Waals surface area contributed by atoms with Crippen LogP contribution in [-0.2, 0) is 4.74 Å². The van der Waals surface area contributed by atoms with Gasteiger partial charge in [0.15, 0.2) is 0 Å². The molecule has 0 bridgehead atoms. The number of alkyl halides is 1. The molecule has 1 aliphatic heterocycles. The fourth-order valence-electron chi connectivity index (χ4n) is 1.41. The Morgan fingerprint density at radius 3 is 2.79 bits per heavy atom. The Balaban J connectivity index is 2.49. The fourth-order valence-corrected chi connectivity index (χ4v) is 1.48. The van der Waals surface area contributed by atoms with Gasteiger partial charge >= 0.3 is 11.5 Å². The first-order valence-corrected chi connectivity index (χ1v) is 4.34. The van der Waals surface area contributed by atoms with E-state index in [1.54, 1.807) is 0 Å². The molecule has 80 valence electrons. The molecule has 1 heterocycles. The van der Waals surface area contributed by atoms with E-state index in [1.807, 2.05) is 0 Å². The average Bonchev–Trinajstić information content (AvgIpc) is 2.43. The van der Waals surface area contributed by atoms with E-state index in [4.69, 9.17) is 16.7 Å². The first kappa shape index (κ1) is 11.0. The molecule has 0 saturated carbocycles. The van der Waals surface area contributed by atoms with Crippen molar-refractivity contribution < 1.29 is 23.8 Å². The zero-order valence-corrected chi connectivity index (χ0v) is 7.91. The third-order valence-electron chi connectivity index (χ3n) is 2.00. The van der Waals surface area contributed by atoms with Gasteiger partial charge < -0.3 is 9.84 Å². The third-order valence-corrected chi connectivity index (χ3v) is 2.11. The second-order valence-electron chi connectivity index (χ2n) is 2.97. The lowest BCUT2D eigenvalue weighted by atomic mass is 10.2. The molecule has 1 aliphatic rings. The van der Waals surface area contributed by atoms with Crippen LogP contribution in [0.1, 0.15) is 6.42 Å². The fraction of sp³-hybridized carbons (Fsp3) is 0.714. The number of nitrogens with zero attached hydrogens (tertiary/aromatic N) is 1. The Morgan fingerprint density at radius 2 is 2.29 bits per heavy atom. The summed E-state index contributed by atoms with van der Waals surface area (Å²) in [6.45, 7) is -0.380. The van der Waals surface area contributed by atoms with Crippen LogP contribution in [-0.4, -0.2) is 46.9 Å². The van der Waals surface area contributed by atoms with Gasteiger partial charge in [0.25, 0.3) is 0 Å². The van der Waals surface area contributed by atoms with Gasteiger partial charge in [-0.3, -0.25) is 4.90 Å². The number of halogens is 2. The normalized spacial score (nSPS) is 26.3. The van der Waals surface area contributed by atoms with Crippen LogP contribution >= 0.6 is 11.6 Å². The number of carbonyl (C=O) groups excluding carboxylic acids is 1. The number of hydrogen-bond acceptors (Lipinski definition) is 3. The summed E-state index contributed by atoms with van der Waals surface area (Å²) >= 11 is 4.90. The average molecular weight is 226 g/mol. The largest absolute Gasteiger partial charge is 0.465 e. The topological polar surface area (TPSA) is 66.8 Å². The molecule has 1 fully saturated rings. The zero-order chi connectivity index (χ0) is 10.7. The van der Waals surface area contributed by atoms with Crippen LogP contribution in [0.15, 0.2) is 0 Å². The number of carboxylic acid groups (broad SMARTS) is 1. The van der Waals surface area contributed by atoms with E-state index in [0.29, 0.717) is 0 Å². The van der Waals surface area contributed by atoms with Crippen molar-refractivity contribution in [3.63, 3.8) is 0 Å². The van der Waals surface area contributed by atoms with Gasteiger partial charge in [-0.25, -0.2) is 14.0 Å². The van der Waals surface area contributed by atoms with Gasteiger partial charge in [0.2, 0.25) is 0 Å². The van der Waals surface area contributed by atoms with Gasteiger partial charge in [-0.05, 0) is 0 Å². The lowest BCUT2D eigenvalue weighted by Crippen LogP contribution is -2.37. The standard InChI is InChI=1S/C7H9ClFNO4/c8-6(11)14-3-5-1-4(9)2-10(5)7(12)13/h4-5H,1-3H2,(H,12,13). The van der Waals surface area contributed by atoms with Gasteiger partial charge in [-0.1, -0.05) is 0 Å². The molecule has 2 unspecified atom stereocenters. The summed E-state index contributed by atoms with van der Waals surface area (Å²) in [5.41, 5.74) is -1.02. The molecule has 5 nitrogen and oxygen atoms in total. The van der Waals surface area contributed by atoms with Crippen LogP contribution in [0, 0.1) is 0 Å². The van der Waals surface area contributed by atoms with Crippen molar-refractivity contribution in [1.29, 1.82) is 0 Å². The van der Waals surface area contributed by atoms with Crippen molar-refractivity contribution in [2.75, 3.05) is 13.2 Å². The van der Waals surface area contributed by atoms with Gasteiger partial charge in [-0.15, -0.1) is 0 Å². The van der Waals surface area contributed by atoms with Crippen LogP contribution < -0.4 is 0 Å². The van der Waals surface area contributed by atoms with Crippen LogP contribution in [0.2, 0.25) is 0 Å². The SMILES string of the molecule is O=C(Cl)OCC1CC(F)CN1C(=O)O. The Hall–Kier alpha value is -1.04. The van der Waals surface area contributed by atoms with E-state index < -0.39 is 23.7 Å². The van der Waals surface area contributed by atoms with Crippen LogP contribution in [0.4, 0.5) is 14.0 Å². The number of hydrogen-bond donors (Lipinski definition) is 1. The maximum absolute atomic E-state index is 12.8. The highest BCUT2D eigenvalue weighted by Crippen LogP contribution is 2.20. The van der Waals surface area contributed by atoms with E-state index in [0.717, 1.165) is 4.90 Å². The Labute approximate surface area is 84.4 Å². The van der Waals surface area contributed by atoms with E-state index >= 15 is 0 Å². The second-order valence-corrected chi connectivity index (χ2v) is 3.28. The van der Waals surface area contributed by atoms with Gasteiger partial charge in [0.1, 0.15) is 12.8 Å². The molecule has 0 aromatic heterocycles. The summed E-state index contributed by atoms with van der Waals surface area (Å²) in [5, 5.41) is 8.65. The molecular formula is C7H9ClFNO4. The summed E-state index contributed by atoms with van der Waals surface area (Å²) in [6, 6.07) is -0.634. The molecule has 1 amide bonds. The van der Waals surface area contributed by atoms with Crippen molar-refractivity contribution in [2.45, 2.75) is 18.6 Å². The van der Waals surface area contributed by atoms with E-state index in [9.17, 15) is 14.0 Å². The molecular weight excluding hydrogens is 217 g/mol. The summed E-state index contributed by atoms with van der Waals surface area (Å²) < 4.78 is 17.2. The van der Waals surface area contributed by atoms with Crippen molar-refractivity contribution >= 4 is 23.1 Å². The number of amides is 1. The molecule has 1 rings (SSSR count). The first-order chi connectivity index (χ1) is 6.50. The molecule has 0 radical (unpaired) electrons. The monoisotopic (exact) mass is 225 g/mol. The highest BCUT2D eigenvalue weighted by molar-refractivity contribution is 6.61. The molecule has 1 saturated heterocycles. The van der Waals surface area contributed by atoms with Crippen molar-refractivity contribution in [3.05, 3.63) is 0 Å². The lowest BCUT2D eigenvalue weighted by Gasteiger charge is -2.19. The van der Waals surface area contributed by atoms with Gasteiger partial charge in [0, 0.05) is 18.0 Å². The summed E-state index contributed by atoms with van der Waals surface area (Å²) in [5.74, 6) is 0. The third kappa shape index (κ3) is 2.73. The van der Waals surface area contributed by atoms with Crippen molar-refractivity contribution in [2.24, 2.45) is 0 Å². The predicted octanol–water partition coefficient (Wildman–Crippen LogP) is 1.45. The zero-order valence-electron chi connectivity index (χ0n) is 7.15. The molecule has 2 atom stereocenters. The Kier molecular flexibility index (Phi) is 3.51. The Bertz CT molecular complexity index is 250. The number of rotatable bonds is 2. The minimum absolute atomic E-state index is 0.0382. The minimum atomic E-state index is -1.22. The van der Waals surface area contributed by atoms with E-state index in [2.05, 4.69) is 4.74 Å². The predicted molar refractivity (Wildman–Crippen MR) is 45.2 cm³/mol. The minimum Gasteiger partial charge on any atom is -0.465 e. The van der Waals surface area contributed by atoms with E-state index in [-0.39, 0.29) is 19.6 Å². The molecule has 0 spiro atoms. The van der Waals surface area contributed by atoms with Crippen LogP contribution in [0.3, 0.4) is 0 Å². The summed E-state index contributed by atoms with van der Waals surface area (Å²) in [7, 11) is 0. The molecule has 14 heavy (non-hydrogen) atoms. The molecule has 1 N–H and O–H groups in total. The maximum Gasteiger partial charge on any atom is 0.407 e. The van der Waals surface area contributed by atoms with Gasteiger partial charge in [0.05, 0.1) is 12.6 Å². The highest BCUT2D eigenvalue weighted by atomic mass is 35.5. The van der Waals surface area contributed by atoms with Crippen LogP contribution in [0.25, 0.3) is 0 Å². The maximum atomic E-state index is 12.8. The quantitative estimate of drug-likeness (QED) is 0.723. The lowest BCUT2D eigenvalue weighted by molar-refractivity contribution is 0.107. The van der Waals surface area contributed by atoms with Gasteiger partial charge in [-0.2, -0.15) is 0 Å². The number of ether oxygens (including phenoxy) is 1. The second kappa shape index (κ2) is 4.45. The van der Waals surface area contributed by atoms with E-state index in [1.165, 1.54) is 0 Å². The van der Waals surface area contributed by atoms with Crippen LogP contribution in [0.5, 0.6) is 0 Å².